The summed E-state index contributed by atoms with van der Waals surface area (Å²) in [7, 11) is -1.66. The third-order valence-corrected chi connectivity index (χ3v) is 9.42. The number of hydrogen-bond acceptors (Lipinski definition) is 6. The van der Waals surface area contributed by atoms with Crippen LogP contribution in [0, 0.1) is 5.82 Å². The fourth-order valence-electron chi connectivity index (χ4n) is 4.52. The van der Waals surface area contributed by atoms with E-state index in [1.807, 2.05) is 6.92 Å². The van der Waals surface area contributed by atoms with E-state index in [2.05, 4.69) is 5.32 Å². The van der Waals surface area contributed by atoms with Crippen molar-refractivity contribution in [3.05, 3.63) is 82.1 Å². The highest BCUT2D eigenvalue weighted by atomic mass is 35.5. The first-order valence-electron chi connectivity index (χ1n) is 14.0. The summed E-state index contributed by atoms with van der Waals surface area (Å²) in [5, 5.41) is 3.42. The number of carbonyl (C=O) groups is 2. The second kappa shape index (κ2) is 16.0. The van der Waals surface area contributed by atoms with E-state index in [0.717, 1.165) is 29.3 Å². The molecule has 3 rings (SSSR count). The average Bonchev–Trinajstić information content (AvgIpc) is 3.01. The van der Waals surface area contributed by atoms with Crippen molar-refractivity contribution >= 4 is 50.7 Å². The molecule has 0 heterocycles. The van der Waals surface area contributed by atoms with E-state index in [1.165, 1.54) is 49.5 Å². The molecular weight excluding hydrogens is 632 g/mol. The molecule has 44 heavy (non-hydrogen) atoms. The highest BCUT2D eigenvalue weighted by molar-refractivity contribution is 7.92. The van der Waals surface area contributed by atoms with Crippen molar-refractivity contribution in [3.63, 3.8) is 0 Å². The fourth-order valence-corrected chi connectivity index (χ4v) is 6.47. The number of benzene rings is 3. The SMILES string of the molecule is CCCCNC(=O)[C@@H](CC)N(Cc1c(Cl)cccc1Cl)C(=O)CN(c1ccc(F)cc1)S(=O)(=O)c1ccc(OC)c(OC)c1. The van der Waals surface area contributed by atoms with E-state index in [4.69, 9.17) is 32.7 Å². The van der Waals surface area contributed by atoms with Crippen molar-refractivity contribution in [3.8, 4) is 11.5 Å². The molecule has 0 saturated carbocycles. The van der Waals surface area contributed by atoms with Gasteiger partial charge in [0.15, 0.2) is 11.5 Å². The van der Waals surface area contributed by atoms with Crippen molar-refractivity contribution in [2.75, 3.05) is 31.6 Å². The van der Waals surface area contributed by atoms with E-state index in [1.54, 1.807) is 25.1 Å². The van der Waals surface area contributed by atoms with Crippen LogP contribution in [0.2, 0.25) is 10.0 Å². The summed E-state index contributed by atoms with van der Waals surface area (Å²) in [5.74, 6) is -1.23. The molecule has 1 N–H and O–H groups in total. The first-order valence-corrected chi connectivity index (χ1v) is 16.2. The second-order valence-corrected chi connectivity index (χ2v) is 12.5. The molecule has 13 heteroatoms. The summed E-state index contributed by atoms with van der Waals surface area (Å²) < 4.78 is 53.5. The van der Waals surface area contributed by atoms with Gasteiger partial charge < -0.3 is 19.7 Å². The van der Waals surface area contributed by atoms with Crippen LogP contribution in [0.5, 0.6) is 11.5 Å². The normalized spacial score (nSPS) is 11.9. The molecule has 0 aromatic heterocycles. The topological polar surface area (TPSA) is 105 Å². The van der Waals surface area contributed by atoms with Crippen LogP contribution in [0.4, 0.5) is 10.1 Å². The van der Waals surface area contributed by atoms with Gasteiger partial charge in [0.2, 0.25) is 11.8 Å². The third kappa shape index (κ3) is 8.34. The van der Waals surface area contributed by atoms with E-state index in [-0.39, 0.29) is 39.3 Å². The van der Waals surface area contributed by atoms with Gasteiger partial charge in [-0.3, -0.25) is 13.9 Å². The molecular formula is C31H36Cl2FN3O6S. The van der Waals surface area contributed by atoms with Crippen molar-refractivity contribution < 1.29 is 31.9 Å². The summed E-state index contributed by atoms with van der Waals surface area (Å²) in [6, 6.07) is 12.6. The Morgan fingerprint density at radius 1 is 0.955 bits per heavy atom. The summed E-state index contributed by atoms with van der Waals surface area (Å²) in [6.45, 7) is 3.27. The molecule has 0 saturated heterocycles. The van der Waals surface area contributed by atoms with Crippen LogP contribution in [0.1, 0.15) is 38.7 Å². The Labute approximate surface area is 267 Å². The number of ether oxygens (including phenoxy) is 2. The number of amides is 2. The minimum Gasteiger partial charge on any atom is -0.493 e. The lowest BCUT2D eigenvalue weighted by atomic mass is 10.1. The van der Waals surface area contributed by atoms with Crippen LogP contribution >= 0.6 is 23.2 Å². The van der Waals surface area contributed by atoms with Crippen molar-refractivity contribution in [2.24, 2.45) is 0 Å². The van der Waals surface area contributed by atoms with Gasteiger partial charge in [-0.25, -0.2) is 12.8 Å². The van der Waals surface area contributed by atoms with E-state index >= 15 is 0 Å². The van der Waals surface area contributed by atoms with E-state index < -0.39 is 40.2 Å². The zero-order valence-electron chi connectivity index (χ0n) is 25.0. The maximum Gasteiger partial charge on any atom is 0.264 e. The molecule has 0 fully saturated rings. The minimum atomic E-state index is -4.44. The van der Waals surface area contributed by atoms with E-state index in [0.29, 0.717) is 17.9 Å². The number of halogens is 3. The summed E-state index contributed by atoms with van der Waals surface area (Å²) in [5.41, 5.74) is 0.436. The van der Waals surface area contributed by atoms with Gasteiger partial charge in [0, 0.05) is 34.8 Å². The average molecular weight is 669 g/mol. The number of methoxy groups -OCH3 is 2. The highest BCUT2D eigenvalue weighted by Crippen LogP contribution is 2.33. The van der Waals surface area contributed by atoms with Crippen molar-refractivity contribution in [2.45, 2.75) is 50.6 Å². The monoisotopic (exact) mass is 667 g/mol. The van der Waals surface area contributed by atoms with Crippen LogP contribution in [0.25, 0.3) is 0 Å². The Morgan fingerprint density at radius 2 is 1.59 bits per heavy atom. The number of nitrogens with one attached hydrogen (secondary N) is 1. The molecule has 0 aliphatic rings. The predicted octanol–water partition coefficient (Wildman–Crippen LogP) is 6.07. The first-order chi connectivity index (χ1) is 21.0. The Balaban J connectivity index is 2.11. The molecule has 0 aliphatic carbocycles. The van der Waals surface area contributed by atoms with Gasteiger partial charge in [-0.2, -0.15) is 0 Å². The Morgan fingerprint density at radius 3 is 2.16 bits per heavy atom. The zero-order chi connectivity index (χ0) is 32.4. The second-order valence-electron chi connectivity index (χ2n) is 9.80. The number of carbonyl (C=O) groups excluding carboxylic acids is 2. The lowest BCUT2D eigenvalue weighted by molar-refractivity contribution is -0.140. The van der Waals surface area contributed by atoms with Gasteiger partial charge in [0.05, 0.1) is 24.8 Å². The highest BCUT2D eigenvalue weighted by Gasteiger charge is 2.34. The quantitative estimate of drug-likeness (QED) is 0.197. The molecule has 3 aromatic carbocycles. The van der Waals surface area contributed by atoms with Crippen LogP contribution in [-0.2, 0) is 26.2 Å². The molecule has 0 unspecified atom stereocenters. The van der Waals surface area contributed by atoms with Gasteiger partial charge in [-0.15, -0.1) is 0 Å². The zero-order valence-corrected chi connectivity index (χ0v) is 27.3. The number of nitrogens with zero attached hydrogens (tertiary/aromatic N) is 2. The van der Waals surface area contributed by atoms with Crippen LogP contribution in [0.15, 0.2) is 65.6 Å². The molecule has 2 amide bonds. The molecule has 0 bridgehead atoms. The molecule has 238 valence electrons. The molecule has 3 aromatic rings. The van der Waals surface area contributed by atoms with Gasteiger partial charge in [-0.1, -0.05) is 49.5 Å². The summed E-state index contributed by atoms with van der Waals surface area (Å²) in [4.78, 5) is 28.6. The number of sulfonamides is 1. The molecule has 0 radical (unpaired) electrons. The van der Waals surface area contributed by atoms with E-state index in [9.17, 15) is 22.4 Å². The number of unbranched alkanes of at least 4 members (excludes halogenated alkanes) is 1. The molecule has 1 atom stereocenters. The Hall–Kier alpha value is -3.54. The van der Waals surface area contributed by atoms with Crippen LogP contribution in [-0.4, -0.2) is 58.5 Å². The molecule has 9 nitrogen and oxygen atoms in total. The van der Waals surface area contributed by atoms with Gasteiger partial charge >= 0.3 is 0 Å². The number of rotatable bonds is 15. The number of anilines is 1. The maximum absolute atomic E-state index is 14.2. The minimum absolute atomic E-state index is 0.0331. The van der Waals surface area contributed by atoms with Gasteiger partial charge in [0.25, 0.3) is 10.0 Å². The van der Waals surface area contributed by atoms with Gasteiger partial charge in [0.1, 0.15) is 18.4 Å². The third-order valence-electron chi connectivity index (χ3n) is 6.94. The number of hydrogen-bond donors (Lipinski definition) is 1. The lowest BCUT2D eigenvalue weighted by Crippen LogP contribution is -2.52. The fraction of sp³-hybridized carbons (Fsp3) is 0.355. The van der Waals surface area contributed by atoms with Gasteiger partial charge in [-0.05, 0) is 61.4 Å². The largest absolute Gasteiger partial charge is 0.493 e. The lowest BCUT2D eigenvalue weighted by Gasteiger charge is -2.33. The Bertz CT molecular complexity index is 1540. The predicted molar refractivity (Wildman–Crippen MR) is 169 cm³/mol. The van der Waals surface area contributed by atoms with Crippen molar-refractivity contribution in [1.29, 1.82) is 0 Å². The maximum atomic E-state index is 14.2. The van der Waals surface area contributed by atoms with Crippen LogP contribution < -0.4 is 19.1 Å². The molecule has 0 aliphatic heterocycles. The Kier molecular flexibility index (Phi) is 12.7. The van der Waals surface area contributed by atoms with Crippen molar-refractivity contribution in [1.82, 2.24) is 10.2 Å². The smallest absolute Gasteiger partial charge is 0.264 e. The molecule has 0 spiro atoms. The van der Waals surface area contributed by atoms with Crippen LogP contribution in [0.3, 0.4) is 0 Å². The summed E-state index contributed by atoms with van der Waals surface area (Å²) >= 11 is 12.9. The summed E-state index contributed by atoms with van der Waals surface area (Å²) in [6.07, 6.45) is 1.83. The standard InChI is InChI=1S/C31H36Cl2FN3O6S/c1-5-7-17-35-31(39)27(6-2)36(19-24-25(32)9-8-10-26(24)33)30(38)20-37(22-13-11-21(34)12-14-22)44(40,41)23-15-16-28(42-3)29(18-23)43-4/h8-16,18,27H,5-7,17,19-20H2,1-4H3,(H,35,39)/t27-/m1/s1. The first kappa shape index (κ1) is 34.9.